The first-order valence-corrected chi connectivity index (χ1v) is 6.53. The minimum Gasteiger partial charge on any atom is -0.495 e. The fourth-order valence-electron chi connectivity index (χ4n) is 1.79. The van der Waals surface area contributed by atoms with Gasteiger partial charge in [-0.1, -0.05) is 0 Å². The summed E-state index contributed by atoms with van der Waals surface area (Å²) in [7, 11) is 4.92. The third kappa shape index (κ3) is 3.37. The monoisotopic (exact) mass is 317 g/mol. The van der Waals surface area contributed by atoms with Gasteiger partial charge in [-0.15, -0.1) is 0 Å². The van der Waals surface area contributed by atoms with Gasteiger partial charge in [0.1, 0.15) is 16.0 Å². The van der Waals surface area contributed by atoms with Crippen molar-refractivity contribution >= 4 is 15.9 Å². The van der Waals surface area contributed by atoms with Crippen LogP contribution in [0.1, 0.15) is 24.9 Å². The van der Waals surface area contributed by atoms with Crippen LogP contribution in [0.5, 0.6) is 11.5 Å². The van der Waals surface area contributed by atoms with Crippen LogP contribution in [0.3, 0.4) is 0 Å². The molecule has 0 amide bonds. The van der Waals surface area contributed by atoms with Crippen LogP contribution in [0.15, 0.2) is 16.6 Å². The molecule has 0 spiro atoms. The lowest BCUT2D eigenvalue weighted by atomic mass is 10.0. The standard InChI is InChI=1S/C13H20BrNO3/c1-8(16-2)7-10(15)9-5-6-11(17-3)12(14)13(9)18-4/h5-6,8,10H,7,15H2,1-4H3. The van der Waals surface area contributed by atoms with Gasteiger partial charge in [-0.25, -0.2) is 0 Å². The molecular weight excluding hydrogens is 298 g/mol. The van der Waals surface area contributed by atoms with E-state index < -0.39 is 0 Å². The third-order valence-electron chi connectivity index (χ3n) is 2.90. The third-order valence-corrected chi connectivity index (χ3v) is 3.65. The number of nitrogens with two attached hydrogens (primary N) is 1. The second-order valence-corrected chi connectivity index (χ2v) is 4.89. The molecule has 0 bridgehead atoms. The van der Waals surface area contributed by atoms with Gasteiger partial charge in [0.25, 0.3) is 0 Å². The molecule has 18 heavy (non-hydrogen) atoms. The van der Waals surface area contributed by atoms with E-state index >= 15 is 0 Å². The lowest BCUT2D eigenvalue weighted by Crippen LogP contribution is -2.19. The van der Waals surface area contributed by atoms with Crippen LogP contribution >= 0.6 is 15.9 Å². The number of rotatable bonds is 6. The summed E-state index contributed by atoms with van der Waals surface area (Å²) < 4.78 is 16.7. The van der Waals surface area contributed by atoms with Gasteiger partial charge >= 0.3 is 0 Å². The van der Waals surface area contributed by atoms with E-state index in [1.807, 2.05) is 19.1 Å². The molecular formula is C13H20BrNO3. The van der Waals surface area contributed by atoms with Crippen molar-refractivity contribution in [2.24, 2.45) is 5.73 Å². The van der Waals surface area contributed by atoms with Gasteiger partial charge < -0.3 is 19.9 Å². The Morgan fingerprint density at radius 3 is 2.39 bits per heavy atom. The van der Waals surface area contributed by atoms with E-state index in [1.54, 1.807) is 21.3 Å². The molecule has 2 unspecified atom stereocenters. The Morgan fingerprint density at radius 1 is 1.22 bits per heavy atom. The number of benzene rings is 1. The van der Waals surface area contributed by atoms with Crippen LogP contribution in [0, 0.1) is 0 Å². The first kappa shape index (κ1) is 15.3. The summed E-state index contributed by atoms with van der Waals surface area (Å²) in [6, 6.07) is 3.66. The Morgan fingerprint density at radius 2 is 1.89 bits per heavy atom. The number of methoxy groups -OCH3 is 3. The van der Waals surface area contributed by atoms with Gasteiger partial charge in [0, 0.05) is 18.7 Å². The van der Waals surface area contributed by atoms with E-state index in [0.29, 0.717) is 5.75 Å². The molecule has 5 heteroatoms. The van der Waals surface area contributed by atoms with Crippen LogP contribution in [0.2, 0.25) is 0 Å². The minimum absolute atomic E-state index is 0.102. The summed E-state index contributed by atoms with van der Waals surface area (Å²) in [6.07, 6.45) is 0.830. The molecule has 0 aliphatic heterocycles. The minimum atomic E-state index is -0.142. The molecule has 2 N–H and O–H groups in total. The highest BCUT2D eigenvalue weighted by Crippen LogP contribution is 2.40. The largest absolute Gasteiger partial charge is 0.495 e. The molecule has 0 fully saturated rings. The van der Waals surface area contributed by atoms with E-state index in [-0.39, 0.29) is 12.1 Å². The Hall–Kier alpha value is -0.780. The molecule has 4 nitrogen and oxygen atoms in total. The second kappa shape index (κ2) is 6.97. The second-order valence-electron chi connectivity index (χ2n) is 4.09. The predicted octanol–water partition coefficient (Wildman–Crippen LogP) is 2.89. The Balaban J connectivity index is 3.05. The highest BCUT2D eigenvalue weighted by Gasteiger charge is 2.19. The first-order valence-electron chi connectivity index (χ1n) is 5.73. The zero-order valence-corrected chi connectivity index (χ0v) is 12.8. The van der Waals surface area contributed by atoms with E-state index in [4.69, 9.17) is 19.9 Å². The summed E-state index contributed by atoms with van der Waals surface area (Å²) in [5, 5.41) is 0. The summed E-state index contributed by atoms with van der Waals surface area (Å²) in [6.45, 7) is 1.99. The highest BCUT2D eigenvalue weighted by atomic mass is 79.9. The molecule has 0 aliphatic carbocycles. The molecule has 1 rings (SSSR count). The normalized spacial score (nSPS) is 14.1. The number of hydrogen-bond donors (Lipinski definition) is 1. The average molecular weight is 318 g/mol. The van der Waals surface area contributed by atoms with E-state index in [2.05, 4.69) is 15.9 Å². The van der Waals surface area contributed by atoms with Gasteiger partial charge in [0.05, 0.1) is 20.3 Å². The molecule has 0 aromatic heterocycles. The molecule has 0 saturated carbocycles. The van der Waals surface area contributed by atoms with Crippen LogP contribution in [0.4, 0.5) is 0 Å². The fraction of sp³-hybridized carbons (Fsp3) is 0.538. The maximum atomic E-state index is 6.19. The SMILES string of the molecule is COc1ccc(C(N)CC(C)OC)c(OC)c1Br. The van der Waals surface area contributed by atoms with E-state index in [1.165, 1.54) is 0 Å². The quantitative estimate of drug-likeness (QED) is 0.876. The predicted molar refractivity (Wildman–Crippen MR) is 75.3 cm³/mol. The van der Waals surface area contributed by atoms with Gasteiger partial charge in [-0.2, -0.15) is 0 Å². The van der Waals surface area contributed by atoms with Gasteiger partial charge in [0.2, 0.25) is 0 Å². The topological polar surface area (TPSA) is 53.7 Å². The van der Waals surface area contributed by atoms with E-state index in [0.717, 1.165) is 22.2 Å². The van der Waals surface area contributed by atoms with Crippen molar-refractivity contribution in [3.05, 3.63) is 22.2 Å². The number of hydrogen-bond acceptors (Lipinski definition) is 4. The van der Waals surface area contributed by atoms with Crippen LogP contribution in [-0.4, -0.2) is 27.4 Å². The van der Waals surface area contributed by atoms with Crippen molar-refractivity contribution in [2.75, 3.05) is 21.3 Å². The van der Waals surface area contributed by atoms with Gasteiger partial charge in [-0.3, -0.25) is 0 Å². The van der Waals surface area contributed by atoms with Crippen molar-refractivity contribution in [3.63, 3.8) is 0 Å². The lowest BCUT2D eigenvalue weighted by molar-refractivity contribution is 0.104. The van der Waals surface area contributed by atoms with E-state index in [9.17, 15) is 0 Å². The average Bonchev–Trinajstić information content (AvgIpc) is 2.37. The molecule has 1 aromatic rings. The van der Waals surface area contributed by atoms with Gasteiger partial charge in [0.15, 0.2) is 0 Å². The van der Waals surface area contributed by atoms with Crippen LogP contribution in [-0.2, 0) is 4.74 Å². The molecule has 0 radical (unpaired) electrons. The zero-order chi connectivity index (χ0) is 13.7. The van der Waals surface area contributed by atoms with Crippen LogP contribution < -0.4 is 15.2 Å². The Labute approximate surface area is 117 Å². The molecule has 2 atom stereocenters. The molecule has 1 aromatic carbocycles. The molecule has 0 saturated heterocycles. The number of halogens is 1. The van der Waals surface area contributed by atoms with Crippen LogP contribution in [0.25, 0.3) is 0 Å². The first-order chi connectivity index (χ1) is 8.54. The Kier molecular flexibility index (Phi) is 5.91. The highest BCUT2D eigenvalue weighted by molar-refractivity contribution is 9.10. The summed E-state index contributed by atoms with van der Waals surface area (Å²) in [5.41, 5.74) is 7.13. The lowest BCUT2D eigenvalue weighted by Gasteiger charge is -2.20. The maximum absolute atomic E-state index is 6.19. The van der Waals surface area contributed by atoms with Crippen molar-refractivity contribution in [2.45, 2.75) is 25.5 Å². The molecule has 102 valence electrons. The number of ether oxygens (including phenoxy) is 3. The molecule has 0 heterocycles. The fourth-order valence-corrected chi connectivity index (χ4v) is 2.48. The van der Waals surface area contributed by atoms with Gasteiger partial charge in [-0.05, 0) is 41.4 Å². The van der Waals surface area contributed by atoms with Crippen molar-refractivity contribution in [3.8, 4) is 11.5 Å². The maximum Gasteiger partial charge on any atom is 0.141 e. The summed E-state index contributed by atoms with van der Waals surface area (Å²) in [5.74, 6) is 1.44. The Bertz CT molecular complexity index is 398. The van der Waals surface area contributed by atoms with Crippen molar-refractivity contribution in [1.82, 2.24) is 0 Å². The zero-order valence-electron chi connectivity index (χ0n) is 11.2. The van der Waals surface area contributed by atoms with Crippen molar-refractivity contribution < 1.29 is 14.2 Å². The van der Waals surface area contributed by atoms with Crippen molar-refractivity contribution in [1.29, 1.82) is 0 Å². The smallest absolute Gasteiger partial charge is 0.141 e. The molecule has 0 aliphatic rings. The summed E-state index contributed by atoms with van der Waals surface area (Å²) >= 11 is 3.47. The summed E-state index contributed by atoms with van der Waals surface area (Å²) in [4.78, 5) is 0.